The standard InChI is InChI=1S/C43H67F2N3O2Si2/c1-7-9-13-19-31(3)20-14-11-12-15-21-34(6)52-39-27-37(48-41-40(39)49-30-43(41,44)45)42-46-28-35(29-47-42)36-22-16-17-23-38(36)50-51-25-24-33(5)26-32(4)18-10-8-2/h16-17,22-23,27-29,31-34H,7-15,18-21,24-26,30,51-52H2,1-6H3. The molecule has 0 fully saturated rings. The number of halogens is 2. The number of hydrogen-bond donors (Lipinski definition) is 0. The van der Waals surface area contributed by atoms with Crippen LogP contribution in [-0.2, 0) is 5.92 Å². The molecular formula is C43H67F2N3O2Si2. The van der Waals surface area contributed by atoms with E-state index in [9.17, 15) is 8.78 Å². The Morgan fingerprint density at radius 3 is 2.19 bits per heavy atom. The van der Waals surface area contributed by atoms with E-state index in [1.807, 2.05) is 30.3 Å². The van der Waals surface area contributed by atoms with Gasteiger partial charge in [-0.05, 0) is 53.1 Å². The highest BCUT2D eigenvalue weighted by Crippen LogP contribution is 2.40. The predicted molar refractivity (Wildman–Crippen MR) is 220 cm³/mol. The number of ether oxygens (including phenoxy) is 1. The van der Waals surface area contributed by atoms with Gasteiger partial charge in [0.15, 0.2) is 18.1 Å². The van der Waals surface area contributed by atoms with E-state index < -0.39 is 31.8 Å². The minimum absolute atomic E-state index is 0.256. The van der Waals surface area contributed by atoms with Gasteiger partial charge in [-0.15, -0.1) is 0 Å². The molecule has 0 bridgehead atoms. The SMILES string of the molecule is CCCCCC(C)CCCCCCC(C)[SiH2]c1cc(-c2ncc(-c3ccccc3O[SiH2]CCC(C)CC(C)CCCC)cn2)nc2c1OCC2(F)F. The van der Waals surface area contributed by atoms with Crippen LogP contribution in [0.3, 0.4) is 0 Å². The van der Waals surface area contributed by atoms with E-state index in [1.165, 1.54) is 89.9 Å². The Hall–Kier alpha value is -2.66. The van der Waals surface area contributed by atoms with E-state index in [0.29, 0.717) is 22.8 Å². The smallest absolute Gasteiger partial charge is 0.326 e. The summed E-state index contributed by atoms with van der Waals surface area (Å²) in [5.74, 6) is 0.746. The van der Waals surface area contributed by atoms with E-state index in [-0.39, 0.29) is 5.69 Å². The van der Waals surface area contributed by atoms with Crippen LogP contribution >= 0.6 is 0 Å². The minimum Gasteiger partial charge on any atom is -0.549 e. The summed E-state index contributed by atoms with van der Waals surface area (Å²) in [5.41, 5.74) is 2.41. The fourth-order valence-corrected chi connectivity index (χ4v) is 11.2. The molecule has 0 amide bonds. The lowest BCUT2D eigenvalue weighted by Gasteiger charge is -2.17. The van der Waals surface area contributed by atoms with Gasteiger partial charge in [-0.1, -0.05) is 150 Å². The van der Waals surface area contributed by atoms with Crippen molar-refractivity contribution in [1.82, 2.24) is 15.0 Å². The maximum atomic E-state index is 15.0. The Morgan fingerprint density at radius 1 is 0.808 bits per heavy atom. The zero-order valence-corrected chi connectivity index (χ0v) is 36.0. The summed E-state index contributed by atoms with van der Waals surface area (Å²) in [5, 5.41) is 0.909. The van der Waals surface area contributed by atoms with Crippen LogP contribution in [0.5, 0.6) is 11.5 Å². The summed E-state index contributed by atoms with van der Waals surface area (Å²) in [4.78, 5) is 13.7. The van der Waals surface area contributed by atoms with Crippen molar-refractivity contribution in [2.24, 2.45) is 17.8 Å². The maximum Gasteiger partial charge on any atom is 0.326 e. The number of nitrogens with zero attached hydrogens (tertiary/aromatic N) is 3. The van der Waals surface area contributed by atoms with Gasteiger partial charge in [-0.3, -0.25) is 0 Å². The van der Waals surface area contributed by atoms with Crippen LogP contribution in [0.2, 0.25) is 11.6 Å². The van der Waals surface area contributed by atoms with Crippen LogP contribution in [0.1, 0.15) is 144 Å². The van der Waals surface area contributed by atoms with Crippen molar-refractivity contribution in [3.8, 4) is 34.1 Å². The van der Waals surface area contributed by atoms with Gasteiger partial charge in [0.2, 0.25) is 9.76 Å². The van der Waals surface area contributed by atoms with Gasteiger partial charge in [0.25, 0.3) is 0 Å². The van der Waals surface area contributed by atoms with Gasteiger partial charge in [0, 0.05) is 23.5 Å². The lowest BCUT2D eigenvalue weighted by atomic mass is 9.92. The number of rotatable bonds is 25. The van der Waals surface area contributed by atoms with Crippen molar-refractivity contribution >= 4 is 24.5 Å². The summed E-state index contributed by atoms with van der Waals surface area (Å²) >= 11 is 0. The lowest BCUT2D eigenvalue weighted by molar-refractivity contribution is -0.0243. The minimum atomic E-state index is -3.11. The van der Waals surface area contributed by atoms with Crippen LogP contribution in [0, 0.1) is 17.8 Å². The molecule has 0 spiro atoms. The molecule has 1 aliphatic heterocycles. The van der Waals surface area contributed by atoms with Crippen LogP contribution in [0.25, 0.3) is 22.6 Å². The molecule has 288 valence electrons. The summed E-state index contributed by atoms with van der Waals surface area (Å²) in [6.07, 6.45) is 22.8. The second-order valence-electron chi connectivity index (χ2n) is 16.1. The molecule has 0 saturated carbocycles. The van der Waals surface area contributed by atoms with E-state index in [4.69, 9.17) is 9.16 Å². The quantitative estimate of drug-likeness (QED) is 0.0637. The number of hydrogen-bond acceptors (Lipinski definition) is 5. The van der Waals surface area contributed by atoms with Crippen molar-refractivity contribution in [1.29, 1.82) is 0 Å². The first-order chi connectivity index (χ1) is 25.1. The largest absolute Gasteiger partial charge is 0.549 e. The predicted octanol–water partition coefficient (Wildman–Crippen LogP) is 11.0. The van der Waals surface area contributed by atoms with Crippen molar-refractivity contribution in [2.75, 3.05) is 6.61 Å². The highest BCUT2D eigenvalue weighted by atomic mass is 28.2. The molecule has 4 atom stereocenters. The number of para-hydroxylation sites is 1. The average molecular weight is 752 g/mol. The summed E-state index contributed by atoms with van der Waals surface area (Å²) in [6.45, 7) is 13.3. The molecule has 9 heteroatoms. The Balaban J connectivity index is 1.34. The number of pyridine rings is 1. The normalized spacial score (nSPS) is 16.3. The molecule has 2 aromatic heterocycles. The first-order valence-corrected chi connectivity index (χ1v) is 23.8. The highest BCUT2D eigenvalue weighted by Gasteiger charge is 2.45. The number of fused-ring (bicyclic) bond motifs is 1. The van der Waals surface area contributed by atoms with Crippen LogP contribution < -0.4 is 14.3 Å². The van der Waals surface area contributed by atoms with E-state index in [2.05, 4.69) is 56.5 Å². The van der Waals surface area contributed by atoms with E-state index in [1.54, 1.807) is 12.4 Å². The number of alkyl halides is 2. The fraction of sp³-hybridized carbons (Fsp3) is 0.651. The summed E-state index contributed by atoms with van der Waals surface area (Å²) in [6, 6.07) is 11.1. The zero-order valence-electron chi connectivity index (χ0n) is 33.2. The number of benzene rings is 1. The third-order valence-corrected chi connectivity index (χ3v) is 14.1. The molecule has 3 heterocycles. The van der Waals surface area contributed by atoms with Gasteiger partial charge in [-0.25, -0.2) is 15.0 Å². The summed E-state index contributed by atoms with van der Waals surface area (Å²) < 4.78 is 42.0. The topological polar surface area (TPSA) is 57.1 Å². The zero-order chi connectivity index (χ0) is 37.3. The van der Waals surface area contributed by atoms with Crippen LogP contribution in [-0.4, -0.2) is 40.8 Å². The van der Waals surface area contributed by atoms with Gasteiger partial charge in [0.1, 0.15) is 17.2 Å². The molecule has 0 aliphatic carbocycles. The van der Waals surface area contributed by atoms with Crippen molar-refractivity contribution in [3.63, 3.8) is 0 Å². The first kappa shape index (κ1) is 42.1. The number of aromatic nitrogens is 3. The number of unbranched alkanes of at least 4 members (excludes halogenated alkanes) is 6. The Morgan fingerprint density at radius 2 is 1.46 bits per heavy atom. The Kier molecular flexibility index (Phi) is 17.7. The van der Waals surface area contributed by atoms with Crippen molar-refractivity contribution < 1.29 is 17.9 Å². The first-order valence-electron chi connectivity index (χ1n) is 20.7. The molecule has 0 radical (unpaired) electrons. The second-order valence-corrected chi connectivity index (χ2v) is 20.1. The molecule has 3 aromatic rings. The average Bonchev–Trinajstić information content (AvgIpc) is 3.45. The Labute approximate surface area is 318 Å². The van der Waals surface area contributed by atoms with Gasteiger partial charge >= 0.3 is 5.92 Å². The second kappa shape index (κ2) is 21.9. The maximum absolute atomic E-state index is 15.0. The molecule has 52 heavy (non-hydrogen) atoms. The summed E-state index contributed by atoms with van der Waals surface area (Å²) in [7, 11) is -1.63. The van der Waals surface area contributed by atoms with Gasteiger partial charge in [0.05, 0.1) is 9.52 Å². The third kappa shape index (κ3) is 13.3. The van der Waals surface area contributed by atoms with Crippen LogP contribution in [0.15, 0.2) is 42.7 Å². The fourth-order valence-electron chi connectivity index (χ4n) is 7.72. The Bertz CT molecular complexity index is 1480. The molecule has 4 unspecified atom stereocenters. The molecular weight excluding hydrogens is 685 g/mol. The van der Waals surface area contributed by atoms with E-state index in [0.717, 1.165) is 52.3 Å². The molecule has 1 aromatic carbocycles. The van der Waals surface area contributed by atoms with Gasteiger partial charge in [-0.2, -0.15) is 8.78 Å². The highest BCUT2D eigenvalue weighted by molar-refractivity contribution is 6.56. The van der Waals surface area contributed by atoms with Gasteiger partial charge < -0.3 is 9.16 Å². The molecule has 1 aliphatic rings. The van der Waals surface area contributed by atoms with Crippen molar-refractivity contribution in [2.45, 2.75) is 155 Å². The molecule has 5 nitrogen and oxygen atoms in total. The monoisotopic (exact) mass is 751 g/mol. The van der Waals surface area contributed by atoms with Crippen LogP contribution in [0.4, 0.5) is 8.78 Å². The lowest BCUT2D eigenvalue weighted by Crippen LogP contribution is -2.22. The molecule has 4 rings (SSSR count). The third-order valence-electron chi connectivity index (χ3n) is 10.8. The molecule has 0 N–H and O–H groups in total. The van der Waals surface area contributed by atoms with Crippen molar-refractivity contribution in [3.05, 3.63) is 48.4 Å². The van der Waals surface area contributed by atoms with E-state index >= 15 is 0 Å². The molecule has 0 saturated heterocycles.